The van der Waals surface area contributed by atoms with E-state index < -0.39 is 55.7 Å². The number of halogens is 5. The summed E-state index contributed by atoms with van der Waals surface area (Å²) in [5, 5.41) is 0.514. The van der Waals surface area contributed by atoms with Gasteiger partial charge in [-0.1, -0.05) is 11.6 Å². The molecule has 3 aromatic rings. The largest absolute Gasteiger partial charge is 0.502 e. The molecule has 0 aliphatic heterocycles. The molecule has 10 nitrogen and oxygen atoms in total. The number of aryl methyl sites for hydroxylation is 1. The molecule has 0 fully saturated rings. The van der Waals surface area contributed by atoms with Crippen LogP contribution in [0.3, 0.4) is 0 Å². The molecule has 210 valence electrons. The maximum atomic E-state index is 14.1. The summed E-state index contributed by atoms with van der Waals surface area (Å²) in [6.07, 6.45) is -1.22. The van der Waals surface area contributed by atoms with Crippen molar-refractivity contribution in [2.24, 2.45) is 5.73 Å². The van der Waals surface area contributed by atoms with Gasteiger partial charge in [0.2, 0.25) is 0 Å². The zero-order chi connectivity index (χ0) is 28.7. The number of rotatable bonds is 10. The van der Waals surface area contributed by atoms with E-state index in [-0.39, 0.29) is 45.8 Å². The molecule has 1 aromatic heterocycles. The van der Waals surface area contributed by atoms with Gasteiger partial charge in [0, 0.05) is 22.7 Å². The molecule has 2 aromatic carbocycles. The third-order valence-electron chi connectivity index (χ3n) is 4.77. The van der Waals surface area contributed by atoms with E-state index in [2.05, 4.69) is 4.52 Å². The predicted octanol–water partition coefficient (Wildman–Crippen LogP) is 4.13. The summed E-state index contributed by atoms with van der Waals surface area (Å²) in [7, 11) is -15.3. The van der Waals surface area contributed by atoms with Crippen LogP contribution >= 0.6 is 30.5 Å². The van der Waals surface area contributed by atoms with Crippen LogP contribution in [-0.2, 0) is 24.4 Å². The van der Waals surface area contributed by atoms with Gasteiger partial charge in [-0.05, 0) is 36.8 Å². The minimum Gasteiger partial charge on any atom is -0.491 e. The fraction of sp³-hybridized carbons (Fsp3) is 0.263. The van der Waals surface area contributed by atoms with Crippen LogP contribution in [0.4, 0.5) is 17.6 Å². The van der Waals surface area contributed by atoms with E-state index in [0.717, 1.165) is 11.3 Å². The standard InChI is InChI=1S/C19H18ClF4N2O8PS3/c1-10-16-14(4-3-13(17(16)20)33-7-6-25)36-18(10)38(31,32)26-9-35(27,28)34-11-2-5-15(12(21)8-11)37(29,30)19(22,23)24/h2-5,8,26H,6-7,9,25H2,1H3,(H,27,28). The molecule has 19 heteroatoms. The highest BCUT2D eigenvalue weighted by atomic mass is 35.5. The zero-order valence-electron chi connectivity index (χ0n) is 19.0. The monoisotopic (exact) mass is 640 g/mol. The van der Waals surface area contributed by atoms with Crippen LogP contribution in [0.2, 0.25) is 5.02 Å². The van der Waals surface area contributed by atoms with Crippen molar-refractivity contribution in [1.29, 1.82) is 0 Å². The van der Waals surface area contributed by atoms with Crippen LogP contribution in [-0.4, -0.2) is 46.7 Å². The first-order chi connectivity index (χ1) is 17.4. The highest BCUT2D eigenvalue weighted by Crippen LogP contribution is 2.45. The number of benzene rings is 2. The Morgan fingerprint density at radius 1 is 1.18 bits per heavy atom. The van der Waals surface area contributed by atoms with Crippen molar-refractivity contribution < 1.29 is 53.1 Å². The van der Waals surface area contributed by atoms with Gasteiger partial charge < -0.3 is 19.9 Å². The van der Waals surface area contributed by atoms with Gasteiger partial charge >= 0.3 is 13.1 Å². The van der Waals surface area contributed by atoms with E-state index in [0.29, 0.717) is 16.2 Å². The molecule has 1 atom stereocenters. The predicted molar refractivity (Wildman–Crippen MR) is 131 cm³/mol. The normalized spacial score (nSPS) is 14.4. The molecule has 38 heavy (non-hydrogen) atoms. The minimum atomic E-state index is -6.03. The lowest BCUT2D eigenvalue weighted by Crippen LogP contribution is -2.25. The van der Waals surface area contributed by atoms with Crippen LogP contribution in [0, 0.1) is 12.7 Å². The molecule has 1 unspecified atom stereocenters. The molecule has 0 saturated heterocycles. The first-order valence-electron chi connectivity index (χ1n) is 10.1. The zero-order valence-corrected chi connectivity index (χ0v) is 23.1. The molecule has 0 bridgehead atoms. The third-order valence-corrected chi connectivity index (χ3v) is 11.2. The number of thiophene rings is 1. The van der Waals surface area contributed by atoms with E-state index in [1.807, 2.05) is 4.72 Å². The highest BCUT2D eigenvalue weighted by Gasteiger charge is 2.48. The lowest BCUT2D eigenvalue weighted by Gasteiger charge is -2.15. The molecular weight excluding hydrogens is 623 g/mol. The second-order valence-electron chi connectivity index (χ2n) is 7.48. The average molecular weight is 641 g/mol. The Morgan fingerprint density at radius 2 is 1.84 bits per heavy atom. The van der Waals surface area contributed by atoms with Crippen molar-refractivity contribution >= 4 is 60.5 Å². The number of nitrogens with two attached hydrogens (primary N) is 1. The molecular formula is C19H18ClF4N2O8PS3. The Hall–Kier alpha value is -1.98. The Labute approximate surface area is 222 Å². The van der Waals surface area contributed by atoms with Crippen molar-refractivity contribution in [2.75, 3.05) is 19.4 Å². The third kappa shape index (κ3) is 6.25. The molecule has 0 aliphatic carbocycles. The molecule has 0 amide bonds. The van der Waals surface area contributed by atoms with Crippen molar-refractivity contribution in [3.05, 3.63) is 46.7 Å². The van der Waals surface area contributed by atoms with Crippen molar-refractivity contribution in [1.82, 2.24) is 4.72 Å². The fourth-order valence-electron chi connectivity index (χ4n) is 3.10. The van der Waals surface area contributed by atoms with Crippen molar-refractivity contribution in [3.63, 3.8) is 0 Å². The van der Waals surface area contributed by atoms with Crippen LogP contribution in [0.1, 0.15) is 5.56 Å². The SMILES string of the molecule is Cc1c(S(=O)(=O)NCP(=O)(O)Oc2ccc(S(=O)(=O)C(F)(F)F)c(F)c2)sc2ccc(OCCN)c(Cl)c12. The topological polar surface area (TPSA) is 162 Å². The van der Waals surface area contributed by atoms with Gasteiger partial charge in [0.1, 0.15) is 39.3 Å². The first kappa shape index (κ1) is 30.6. The van der Waals surface area contributed by atoms with Crippen molar-refractivity contribution in [3.8, 4) is 11.5 Å². The molecule has 0 aliphatic rings. The van der Waals surface area contributed by atoms with Crippen LogP contribution in [0.25, 0.3) is 10.1 Å². The number of alkyl halides is 3. The minimum absolute atomic E-state index is 0.139. The van der Waals surface area contributed by atoms with Gasteiger partial charge in [0.15, 0.2) is 0 Å². The lowest BCUT2D eigenvalue weighted by atomic mass is 10.2. The van der Waals surface area contributed by atoms with Gasteiger partial charge in [-0.15, -0.1) is 11.3 Å². The molecule has 0 saturated carbocycles. The maximum Gasteiger partial charge on any atom is 0.502 e. The van der Waals surface area contributed by atoms with E-state index >= 15 is 0 Å². The maximum absolute atomic E-state index is 14.1. The number of sulfone groups is 1. The van der Waals surface area contributed by atoms with Gasteiger partial charge in [-0.2, -0.15) is 17.9 Å². The van der Waals surface area contributed by atoms with Crippen LogP contribution in [0.5, 0.6) is 11.5 Å². The lowest BCUT2D eigenvalue weighted by molar-refractivity contribution is -0.0437. The number of hydrogen-bond acceptors (Lipinski definition) is 9. The second-order valence-corrected chi connectivity index (χ2v) is 14.6. The summed E-state index contributed by atoms with van der Waals surface area (Å²) in [5.74, 6) is -2.44. The molecule has 3 rings (SSSR count). The highest BCUT2D eigenvalue weighted by molar-refractivity contribution is 7.92. The van der Waals surface area contributed by atoms with Crippen molar-refractivity contribution in [2.45, 2.75) is 21.5 Å². The Balaban J connectivity index is 1.81. The van der Waals surface area contributed by atoms with Gasteiger partial charge in [-0.3, -0.25) is 0 Å². The van der Waals surface area contributed by atoms with Gasteiger partial charge in [0.25, 0.3) is 19.9 Å². The van der Waals surface area contributed by atoms with E-state index in [1.165, 1.54) is 13.0 Å². The summed E-state index contributed by atoms with van der Waals surface area (Å²) >= 11 is 7.17. The summed E-state index contributed by atoms with van der Waals surface area (Å²) in [4.78, 5) is 8.32. The average Bonchev–Trinajstić information content (AvgIpc) is 3.14. The number of ether oxygens (including phenoxy) is 1. The van der Waals surface area contributed by atoms with E-state index in [4.69, 9.17) is 22.1 Å². The second kappa shape index (κ2) is 10.9. The number of nitrogens with one attached hydrogen (secondary N) is 1. The molecule has 0 spiro atoms. The number of hydrogen-bond donors (Lipinski definition) is 3. The van der Waals surface area contributed by atoms with E-state index in [1.54, 1.807) is 6.07 Å². The number of fused-ring (bicyclic) bond motifs is 1. The summed E-state index contributed by atoms with van der Waals surface area (Å²) in [6, 6.07) is 3.97. The summed E-state index contributed by atoms with van der Waals surface area (Å²) in [6.45, 7) is 1.84. The summed E-state index contributed by atoms with van der Waals surface area (Å²) < 4.78 is 125. The first-order valence-corrected chi connectivity index (χ1v) is 16.0. The molecule has 0 radical (unpaired) electrons. The molecule has 1 heterocycles. The number of sulfonamides is 1. The van der Waals surface area contributed by atoms with E-state index in [9.17, 15) is 43.9 Å². The van der Waals surface area contributed by atoms with Gasteiger partial charge in [0.05, 0.1) is 5.02 Å². The fourth-order valence-corrected chi connectivity index (χ4v) is 8.64. The Morgan fingerprint density at radius 3 is 2.42 bits per heavy atom. The summed E-state index contributed by atoms with van der Waals surface area (Å²) in [5.41, 5.74) is -0.160. The Kier molecular flexibility index (Phi) is 8.75. The smallest absolute Gasteiger partial charge is 0.491 e. The van der Waals surface area contributed by atoms with Crippen LogP contribution < -0.4 is 19.7 Å². The van der Waals surface area contributed by atoms with Gasteiger partial charge in [-0.25, -0.2) is 25.8 Å². The Bertz CT molecular complexity index is 1650. The molecule has 4 N–H and O–H groups in total. The quantitative estimate of drug-likeness (QED) is 0.218. The van der Waals surface area contributed by atoms with Crippen LogP contribution in [0.15, 0.2) is 39.4 Å².